The highest BCUT2D eigenvalue weighted by Gasteiger charge is 2.18. The van der Waals surface area contributed by atoms with Crippen molar-refractivity contribution in [1.29, 1.82) is 0 Å². The van der Waals surface area contributed by atoms with Crippen LogP contribution in [0, 0.1) is 0 Å². The van der Waals surface area contributed by atoms with E-state index in [0.717, 1.165) is 24.0 Å². The first-order valence-electron chi connectivity index (χ1n) is 15.1. The first-order chi connectivity index (χ1) is 20.1. The van der Waals surface area contributed by atoms with E-state index in [-0.39, 0.29) is 0 Å². The molecule has 7 rings (SSSR count). The number of hydrogen-bond acceptors (Lipinski definition) is 1. The topological polar surface area (TPSA) is 13.1 Å². The van der Waals surface area contributed by atoms with Crippen LogP contribution in [-0.4, -0.2) is 0 Å². The van der Waals surface area contributed by atoms with E-state index in [1.165, 1.54) is 65.7 Å². The molecule has 0 spiro atoms. The van der Waals surface area contributed by atoms with Crippen molar-refractivity contribution >= 4 is 43.5 Å². The third-order valence-corrected chi connectivity index (χ3v) is 9.25. The van der Waals surface area contributed by atoms with Gasteiger partial charge in [0.2, 0.25) is 0 Å². The molecule has 1 heterocycles. The zero-order valence-corrected chi connectivity index (χ0v) is 24.4. The van der Waals surface area contributed by atoms with Crippen molar-refractivity contribution in [2.75, 3.05) is 0 Å². The summed E-state index contributed by atoms with van der Waals surface area (Å²) >= 11 is 0. The Balaban J connectivity index is 1.40. The summed E-state index contributed by atoms with van der Waals surface area (Å²) in [6, 6.07) is 40.3. The minimum atomic E-state index is 0.476. The van der Waals surface area contributed by atoms with Gasteiger partial charge in [-0.2, -0.15) is 0 Å². The molecule has 41 heavy (non-hydrogen) atoms. The summed E-state index contributed by atoms with van der Waals surface area (Å²) < 4.78 is 6.60. The molecule has 0 fully saturated rings. The van der Waals surface area contributed by atoms with Crippen LogP contribution < -0.4 is 0 Å². The Morgan fingerprint density at radius 3 is 1.85 bits per heavy atom. The summed E-state index contributed by atoms with van der Waals surface area (Å²) in [7, 11) is 0. The molecule has 0 N–H and O–H groups in total. The number of fused-ring (bicyclic) bond motifs is 6. The molecule has 1 nitrogen and oxygen atoms in total. The van der Waals surface area contributed by atoms with Crippen LogP contribution in [0.4, 0.5) is 0 Å². The van der Waals surface area contributed by atoms with E-state index in [0.29, 0.717) is 11.8 Å². The quantitative estimate of drug-likeness (QED) is 0.194. The molecule has 0 aliphatic carbocycles. The summed E-state index contributed by atoms with van der Waals surface area (Å²) in [6.07, 6.45) is 2.23. The van der Waals surface area contributed by atoms with Crippen molar-refractivity contribution in [2.45, 2.75) is 52.4 Å². The number of rotatable bonds is 6. The second kappa shape index (κ2) is 10.2. The molecule has 202 valence electrons. The monoisotopic (exact) mass is 532 g/mol. The molecule has 0 bridgehead atoms. The molecular formula is C40H36O. The second-order valence-electron chi connectivity index (χ2n) is 11.7. The Kier molecular flexibility index (Phi) is 6.39. The second-order valence-corrected chi connectivity index (χ2v) is 11.7. The maximum absolute atomic E-state index is 6.60. The van der Waals surface area contributed by atoms with E-state index in [1.807, 2.05) is 0 Å². The lowest BCUT2D eigenvalue weighted by Crippen LogP contribution is -1.93. The summed E-state index contributed by atoms with van der Waals surface area (Å²) in [5.41, 5.74) is 9.57. The first-order valence-corrected chi connectivity index (χ1v) is 15.1. The highest BCUT2D eigenvalue weighted by atomic mass is 16.3. The lowest BCUT2D eigenvalue weighted by molar-refractivity contribution is 0.668. The average Bonchev–Trinajstić information content (AvgIpc) is 3.41. The predicted octanol–water partition coefficient (Wildman–Crippen LogP) is 12.3. The summed E-state index contributed by atoms with van der Waals surface area (Å²) in [5, 5.41) is 7.61. The predicted molar refractivity (Wildman–Crippen MR) is 177 cm³/mol. The van der Waals surface area contributed by atoms with Crippen molar-refractivity contribution in [3.63, 3.8) is 0 Å². The van der Waals surface area contributed by atoms with E-state index in [1.54, 1.807) is 0 Å². The number of benzene rings is 6. The maximum atomic E-state index is 6.60. The molecule has 1 aromatic heterocycles. The molecule has 0 radical (unpaired) electrons. The fourth-order valence-electron chi connectivity index (χ4n) is 6.32. The lowest BCUT2D eigenvalue weighted by Gasteiger charge is -2.14. The van der Waals surface area contributed by atoms with Gasteiger partial charge in [-0.25, -0.2) is 0 Å². The van der Waals surface area contributed by atoms with Gasteiger partial charge in [0.25, 0.3) is 0 Å². The van der Waals surface area contributed by atoms with Gasteiger partial charge in [-0.3, -0.25) is 0 Å². The number of furan rings is 1. The van der Waals surface area contributed by atoms with Gasteiger partial charge < -0.3 is 4.42 Å². The van der Waals surface area contributed by atoms with Gasteiger partial charge >= 0.3 is 0 Å². The normalized spacial score (nSPS) is 13.4. The highest BCUT2D eigenvalue weighted by Crippen LogP contribution is 2.41. The summed E-state index contributed by atoms with van der Waals surface area (Å²) in [4.78, 5) is 0. The van der Waals surface area contributed by atoms with Gasteiger partial charge in [0, 0.05) is 16.3 Å². The molecule has 6 aromatic carbocycles. The molecule has 2 atom stereocenters. The fourth-order valence-corrected chi connectivity index (χ4v) is 6.32. The molecule has 0 aliphatic heterocycles. The molecule has 2 unspecified atom stereocenters. The van der Waals surface area contributed by atoms with Crippen molar-refractivity contribution in [3.05, 3.63) is 120 Å². The van der Waals surface area contributed by atoms with Gasteiger partial charge in [0.15, 0.2) is 0 Å². The van der Waals surface area contributed by atoms with Crippen LogP contribution in [0.5, 0.6) is 0 Å². The lowest BCUT2D eigenvalue weighted by atomic mass is 9.90. The standard InChI is InChI=1S/C40H36O/c1-5-25(3)29-19-20-39-37(21-29)38-24-31(26(4)6-2)23-36(40(38)41-39)28-17-15-27(16-18-28)35-22-30-11-7-8-12-32(30)33-13-9-10-14-34(33)35/h7-26H,5-6H2,1-4H3. The fraction of sp³-hybridized carbons (Fsp3) is 0.200. The van der Waals surface area contributed by atoms with E-state index < -0.39 is 0 Å². The highest BCUT2D eigenvalue weighted by molar-refractivity contribution is 6.14. The van der Waals surface area contributed by atoms with Crippen molar-refractivity contribution in [2.24, 2.45) is 0 Å². The smallest absolute Gasteiger partial charge is 0.143 e. The van der Waals surface area contributed by atoms with Crippen molar-refractivity contribution in [1.82, 2.24) is 0 Å². The van der Waals surface area contributed by atoms with Crippen molar-refractivity contribution < 1.29 is 4.42 Å². The molecule has 0 aliphatic rings. The van der Waals surface area contributed by atoms with E-state index >= 15 is 0 Å². The van der Waals surface area contributed by atoms with Crippen molar-refractivity contribution in [3.8, 4) is 22.3 Å². The van der Waals surface area contributed by atoms with Crippen LogP contribution in [0.25, 0.3) is 65.7 Å². The third kappa shape index (κ3) is 4.32. The van der Waals surface area contributed by atoms with E-state index in [4.69, 9.17) is 4.42 Å². The molecule has 0 amide bonds. The van der Waals surface area contributed by atoms with Gasteiger partial charge in [-0.05, 0) is 104 Å². The van der Waals surface area contributed by atoms with Crippen LogP contribution in [0.15, 0.2) is 114 Å². The van der Waals surface area contributed by atoms with Crippen LogP contribution in [0.3, 0.4) is 0 Å². The third-order valence-electron chi connectivity index (χ3n) is 9.25. The SMILES string of the molecule is CCC(C)c1ccc2oc3c(-c4ccc(-c5cc6ccccc6c6ccccc56)cc4)cc(C(C)CC)cc3c2c1. The van der Waals surface area contributed by atoms with Gasteiger partial charge in [0.1, 0.15) is 11.2 Å². The first kappa shape index (κ1) is 25.6. The van der Waals surface area contributed by atoms with Crippen LogP contribution in [-0.2, 0) is 0 Å². The molecule has 0 saturated carbocycles. The molecule has 7 aromatic rings. The van der Waals surface area contributed by atoms with Gasteiger partial charge in [-0.1, -0.05) is 107 Å². The van der Waals surface area contributed by atoms with Crippen LogP contribution in [0.1, 0.15) is 63.5 Å². The molecule has 0 saturated heterocycles. The van der Waals surface area contributed by atoms with E-state index in [2.05, 4.69) is 137 Å². The van der Waals surface area contributed by atoms with Crippen LogP contribution in [0.2, 0.25) is 0 Å². The minimum absolute atomic E-state index is 0.476. The zero-order chi connectivity index (χ0) is 28.1. The minimum Gasteiger partial charge on any atom is -0.455 e. The van der Waals surface area contributed by atoms with Gasteiger partial charge in [0.05, 0.1) is 0 Å². The van der Waals surface area contributed by atoms with Gasteiger partial charge in [-0.15, -0.1) is 0 Å². The summed E-state index contributed by atoms with van der Waals surface area (Å²) in [5.74, 6) is 1.00. The maximum Gasteiger partial charge on any atom is 0.143 e. The molecule has 1 heteroatoms. The molecular weight excluding hydrogens is 496 g/mol. The Bertz CT molecular complexity index is 2040. The largest absolute Gasteiger partial charge is 0.455 e. The summed E-state index contributed by atoms with van der Waals surface area (Å²) in [6.45, 7) is 9.16. The zero-order valence-electron chi connectivity index (χ0n) is 24.4. The van der Waals surface area contributed by atoms with E-state index in [9.17, 15) is 0 Å². The number of hydrogen-bond donors (Lipinski definition) is 0. The Morgan fingerprint density at radius 1 is 0.512 bits per heavy atom. The Labute approximate surface area is 242 Å². The Hall–Kier alpha value is -4.36. The average molecular weight is 533 g/mol. The Morgan fingerprint density at radius 2 is 1.12 bits per heavy atom. The van der Waals surface area contributed by atoms with Crippen LogP contribution >= 0.6 is 0 Å².